The lowest BCUT2D eigenvalue weighted by Gasteiger charge is -2.36. The summed E-state index contributed by atoms with van der Waals surface area (Å²) in [7, 11) is 0. The SMILES string of the molecule is CCc1ccccc1NC(=O)c1ccc(N2CCN(c3ccccn3)CC2)cn1. The van der Waals surface area contributed by atoms with Crippen molar-refractivity contribution in [3.05, 3.63) is 78.2 Å². The van der Waals surface area contributed by atoms with E-state index in [0.717, 1.165) is 55.4 Å². The van der Waals surface area contributed by atoms with Crippen LogP contribution in [0, 0.1) is 0 Å². The summed E-state index contributed by atoms with van der Waals surface area (Å²) in [4.78, 5) is 26.0. The van der Waals surface area contributed by atoms with Gasteiger partial charge in [-0.15, -0.1) is 0 Å². The fraction of sp³-hybridized carbons (Fsp3) is 0.261. The third-order valence-corrected chi connectivity index (χ3v) is 5.25. The Labute approximate surface area is 171 Å². The molecule has 4 rings (SSSR count). The number of nitrogens with one attached hydrogen (secondary N) is 1. The van der Waals surface area contributed by atoms with Crippen LogP contribution in [0.3, 0.4) is 0 Å². The average Bonchev–Trinajstić information content (AvgIpc) is 2.80. The van der Waals surface area contributed by atoms with Gasteiger partial charge in [0.2, 0.25) is 0 Å². The second kappa shape index (κ2) is 8.73. The first kappa shape index (κ1) is 18.9. The Morgan fingerprint density at radius 3 is 2.38 bits per heavy atom. The minimum absolute atomic E-state index is 0.183. The number of nitrogens with zero attached hydrogens (tertiary/aromatic N) is 4. The summed E-state index contributed by atoms with van der Waals surface area (Å²) in [5.74, 6) is 0.835. The molecule has 0 unspecified atom stereocenters. The molecule has 1 aromatic carbocycles. The molecule has 1 amide bonds. The highest BCUT2D eigenvalue weighted by Crippen LogP contribution is 2.20. The van der Waals surface area contributed by atoms with Crippen LogP contribution in [-0.2, 0) is 6.42 Å². The van der Waals surface area contributed by atoms with Crippen molar-refractivity contribution in [2.45, 2.75) is 13.3 Å². The van der Waals surface area contributed by atoms with E-state index >= 15 is 0 Å². The van der Waals surface area contributed by atoms with Gasteiger partial charge in [-0.05, 0) is 42.3 Å². The zero-order valence-electron chi connectivity index (χ0n) is 16.6. The van der Waals surface area contributed by atoms with Gasteiger partial charge >= 0.3 is 0 Å². The number of aromatic nitrogens is 2. The molecule has 29 heavy (non-hydrogen) atoms. The maximum atomic E-state index is 12.6. The van der Waals surface area contributed by atoms with E-state index < -0.39 is 0 Å². The first-order valence-electron chi connectivity index (χ1n) is 10.0. The number of benzene rings is 1. The minimum Gasteiger partial charge on any atom is -0.367 e. The Morgan fingerprint density at radius 1 is 0.931 bits per heavy atom. The molecule has 2 aromatic heterocycles. The number of carbonyl (C=O) groups excluding carboxylic acids is 1. The van der Waals surface area contributed by atoms with Crippen LogP contribution in [0.2, 0.25) is 0 Å². The predicted octanol–water partition coefficient (Wildman–Crippen LogP) is 3.62. The molecule has 0 spiro atoms. The van der Waals surface area contributed by atoms with Gasteiger partial charge in [-0.25, -0.2) is 9.97 Å². The molecular formula is C23H25N5O. The van der Waals surface area contributed by atoms with E-state index in [1.807, 2.05) is 54.7 Å². The lowest BCUT2D eigenvalue weighted by molar-refractivity contribution is 0.102. The Balaban J connectivity index is 1.37. The molecule has 6 heteroatoms. The van der Waals surface area contributed by atoms with Crippen molar-refractivity contribution in [3.63, 3.8) is 0 Å². The zero-order chi connectivity index (χ0) is 20.1. The second-order valence-electron chi connectivity index (χ2n) is 7.03. The van der Waals surface area contributed by atoms with Crippen LogP contribution < -0.4 is 15.1 Å². The van der Waals surface area contributed by atoms with Crippen LogP contribution in [-0.4, -0.2) is 42.1 Å². The van der Waals surface area contributed by atoms with E-state index in [1.54, 1.807) is 12.3 Å². The number of anilines is 3. The van der Waals surface area contributed by atoms with Crippen LogP contribution in [0.5, 0.6) is 0 Å². The van der Waals surface area contributed by atoms with Crippen molar-refractivity contribution in [2.24, 2.45) is 0 Å². The molecule has 0 radical (unpaired) electrons. The molecule has 1 N–H and O–H groups in total. The second-order valence-corrected chi connectivity index (χ2v) is 7.03. The smallest absolute Gasteiger partial charge is 0.274 e. The number of amides is 1. The number of pyridine rings is 2. The van der Waals surface area contributed by atoms with Crippen molar-refractivity contribution in [3.8, 4) is 0 Å². The fourth-order valence-electron chi connectivity index (χ4n) is 3.58. The Morgan fingerprint density at radius 2 is 1.69 bits per heavy atom. The minimum atomic E-state index is -0.183. The molecular weight excluding hydrogens is 362 g/mol. The molecule has 0 saturated carbocycles. The molecule has 1 saturated heterocycles. The highest BCUT2D eigenvalue weighted by Gasteiger charge is 2.19. The van der Waals surface area contributed by atoms with E-state index in [-0.39, 0.29) is 5.91 Å². The highest BCUT2D eigenvalue weighted by atomic mass is 16.1. The molecule has 1 aliphatic rings. The van der Waals surface area contributed by atoms with Crippen LogP contribution >= 0.6 is 0 Å². The summed E-state index contributed by atoms with van der Waals surface area (Å²) >= 11 is 0. The van der Waals surface area contributed by atoms with E-state index in [4.69, 9.17) is 0 Å². The summed E-state index contributed by atoms with van der Waals surface area (Å²) in [5.41, 5.74) is 3.42. The van der Waals surface area contributed by atoms with Gasteiger partial charge in [-0.1, -0.05) is 31.2 Å². The number of aryl methyl sites for hydroxylation is 1. The summed E-state index contributed by atoms with van der Waals surface area (Å²) < 4.78 is 0. The van der Waals surface area contributed by atoms with Crippen molar-refractivity contribution in [2.75, 3.05) is 41.3 Å². The maximum Gasteiger partial charge on any atom is 0.274 e. The standard InChI is InChI=1S/C23H25N5O/c1-2-18-7-3-4-8-20(18)26-23(29)21-11-10-19(17-25-21)27-13-15-28(16-14-27)22-9-5-6-12-24-22/h3-12,17H,2,13-16H2,1H3,(H,26,29). The van der Waals surface area contributed by atoms with Crippen molar-refractivity contribution in [1.29, 1.82) is 0 Å². The molecule has 3 heterocycles. The molecule has 1 aliphatic heterocycles. The van der Waals surface area contributed by atoms with Gasteiger partial charge in [0, 0.05) is 38.1 Å². The molecule has 3 aromatic rings. The number of hydrogen-bond acceptors (Lipinski definition) is 5. The zero-order valence-corrected chi connectivity index (χ0v) is 16.6. The predicted molar refractivity (Wildman–Crippen MR) is 117 cm³/mol. The topological polar surface area (TPSA) is 61.4 Å². The van der Waals surface area contributed by atoms with E-state index in [2.05, 4.69) is 32.0 Å². The summed E-state index contributed by atoms with van der Waals surface area (Å²) in [5, 5.41) is 2.97. The van der Waals surface area contributed by atoms with E-state index in [0.29, 0.717) is 5.69 Å². The van der Waals surface area contributed by atoms with Crippen LogP contribution in [0.25, 0.3) is 0 Å². The number of carbonyl (C=O) groups is 1. The van der Waals surface area contributed by atoms with Gasteiger partial charge in [0.05, 0.1) is 11.9 Å². The Hall–Kier alpha value is -3.41. The monoisotopic (exact) mass is 387 g/mol. The van der Waals surface area contributed by atoms with Gasteiger partial charge < -0.3 is 15.1 Å². The highest BCUT2D eigenvalue weighted by molar-refractivity contribution is 6.03. The van der Waals surface area contributed by atoms with Gasteiger partial charge in [-0.2, -0.15) is 0 Å². The molecule has 0 aliphatic carbocycles. The van der Waals surface area contributed by atoms with Gasteiger partial charge in [-0.3, -0.25) is 4.79 Å². The van der Waals surface area contributed by atoms with Crippen LogP contribution in [0.1, 0.15) is 23.0 Å². The number of rotatable bonds is 5. The normalized spacial score (nSPS) is 14.0. The van der Waals surface area contributed by atoms with E-state index in [9.17, 15) is 4.79 Å². The molecule has 0 bridgehead atoms. The summed E-state index contributed by atoms with van der Waals surface area (Å²) in [6.07, 6.45) is 4.48. The lowest BCUT2D eigenvalue weighted by Crippen LogP contribution is -2.46. The third-order valence-electron chi connectivity index (χ3n) is 5.25. The number of hydrogen-bond donors (Lipinski definition) is 1. The largest absolute Gasteiger partial charge is 0.367 e. The van der Waals surface area contributed by atoms with Gasteiger partial charge in [0.15, 0.2) is 0 Å². The lowest BCUT2D eigenvalue weighted by atomic mass is 10.1. The Kier molecular flexibility index (Phi) is 5.70. The van der Waals surface area contributed by atoms with Gasteiger partial charge in [0.25, 0.3) is 5.91 Å². The maximum absolute atomic E-state index is 12.6. The average molecular weight is 387 g/mol. The van der Waals surface area contributed by atoms with Crippen LogP contribution in [0.15, 0.2) is 67.0 Å². The van der Waals surface area contributed by atoms with Crippen LogP contribution in [0.4, 0.5) is 17.2 Å². The molecule has 1 fully saturated rings. The first-order valence-corrected chi connectivity index (χ1v) is 10.0. The van der Waals surface area contributed by atoms with Crippen molar-refractivity contribution >= 4 is 23.1 Å². The molecule has 6 nitrogen and oxygen atoms in total. The Bertz CT molecular complexity index is 951. The fourth-order valence-corrected chi connectivity index (χ4v) is 3.58. The summed E-state index contributed by atoms with van der Waals surface area (Å²) in [6.45, 7) is 5.69. The quantitative estimate of drug-likeness (QED) is 0.725. The van der Waals surface area contributed by atoms with E-state index in [1.165, 1.54) is 0 Å². The third kappa shape index (κ3) is 4.37. The number of para-hydroxylation sites is 1. The molecule has 0 atom stereocenters. The number of piperazine rings is 1. The molecule has 148 valence electrons. The van der Waals surface area contributed by atoms with Gasteiger partial charge in [0.1, 0.15) is 11.5 Å². The summed E-state index contributed by atoms with van der Waals surface area (Å²) in [6, 6.07) is 17.6. The van der Waals surface area contributed by atoms with Crippen molar-refractivity contribution in [1.82, 2.24) is 9.97 Å². The van der Waals surface area contributed by atoms with Crippen molar-refractivity contribution < 1.29 is 4.79 Å². The first-order chi connectivity index (χ1) is 14.2.